The molecule has 7 heteroatoms. The van der Waals surface area contributed by atoms with Crippen LogP contribution in [0, 0.1) is 0 Å². The number of imidazole rings is 1. The quantitative estimate of drug-likeness (QED) is 0.855. The highest BCUT2D eigenvalue weighted by atomic mass is 19.4. The SMILES string of the molecule is CC(C)c1nccn1C(C)C(=O)NCCc1cccc(C(F)(F)F)c1. The third kappa shape index (κ3) is 4.84. The van der Waals surface area contributed by atoms with E-state index >= 15 is 0 Å². The van der Waals surface area contributed by atoms with Crippen molar-refractivity contribution in [1.82, 2.24) is 14.9 Å². The summed E-state index contributed by atoms with van der Waals surface area (Å²) >= 11 is 0. The summed E-state index contributed by atoms with van der Waals surface area (Å²) in [6.07, 6.45) is -0.611. The predicted molar refractivity (Wildman–Crippen MR) is 89.2 cm³/mol. The van der Waals surface area contributed by atoms with Crippen molar-refractivity contribution >= 4 is 5.91 Å². The van der Waals surface area contributed by atoms with E-state index < -0.39 is 17.8 Å². The largest absolute Gasteiger partial charge is 0.416 e. The number of aromatic nitrogens is 2. The van der Waals surface area contributed by atoms with Crippen LogP contribution < -0.4 is 5.32 Å². The van der Waals surface area contributed by atoms with Crippen molar-refractivity contribution < 1.29 is 18.0 Å². The monoisotopic (exact) mass is 353 g/mol. The first-order valence-electron chi connectivity index (χ1n) is 8.16. The molecule has 136 valence electrons. The Balaban J connectivity index is 1.93. The van der Waals surface area contributed by atoms with Crippen LogP contribution in [0.1, 0.15) is 49.7 Å². The molecule has 0 fully saturated rings. The second-order valence-electron chi connectivity index (χ2n) is 6.26. The molecule has 1 N–H and O–H groups in total. The maximum atomic E-state index is 12.7. The van der Waals surface area contributed by atoms with Crippen LogP contribution in [0.5, 0.6) is 0 Å². The topological polar surface area (TPSA) is 46.9 Å². The molecule has 0 saturated carbocycles. The van der Waals surface area contributed by atoms with Gasteiger partial charge in [-0.15, -0.1) is 0 Å². The number of hydrogen-bond donors (Lipinski definition) is 1. The van der Waals surface area contributed by atoms with Gasteiger partial charge >= 0.3 is 6.18 Å². The molecule has 0 bridgehead atoms. The summed E-state index contributed by atoms with van der Waals surface area (Å²) in [5, 5.41) is 2.77. The van der Waals surface area contributed by atoms with Crippen LogP contribution in [0.3, 0.4) is 0 Å². The zero-order chi connectivity index (χ0) is 18.6. The summed E-state index contributed by atoms with van der Waals surface area (Å²) in [4.78, 5) is 16.5. The number of alkyl halides is 3. The van der Waals surface area contributed by atoms with Crippen molar-refractivity contribution in [3.8, 4) is 0 Å². The first-order chi connectivity index (χ1) is 11.7. The normalized spacial score (nSPS) is 13.1. The van der Waals surface area contributed by atoms with Gasteiger partial charge in [0.15, 0.2) is 0 Å². The number of rotatable bonds is 6. The van der Waals surface area contributed by atoms with Crippen molar-refractivity contribution in [3.05, 3.63) is 53.6 Å². The second-order valence-corrected chi connectivity index (χ2v) is 6.26. The summed E-state index contributed by atoms with van der Waals surface area (Å²) < 4.78 is 39.9. The second kappa shape index (κ2) is 7.72. The standard InChI is InChI=1S/C18H22F3N3O/c1-12(2)16-22-9-10-24(16)13(3)17(25)23-8-7-14-5-4-6-15(11-14)18(19,20)21/h4-6,9-13H,7-8H2,1-3H3,(H,23,25). The van der Waals surface area contributed by atoms with E-state index in [1.807, 2.05) is 18.4 Å². The van der Waals surface area contributed by atoms with Crippen LogP contribution in [0.4, 0.5) is 13.2 Å². The zero-order valence-electron chi connectivity index (χ0n) is 14.5. The van der Waals surface area contributed by atoms with Crippen LogP contribution in [0.25, 0.3) is 0 Å². The van der Waals surface area contributed by atoms with E-state index in [1.165, 1.54) is 6.07 Å². The van der Waals surface area contributed by atoms with Crippen LogP contribution >= 0.6 is 0 Å². The third-order valence-corrected chi connectivity index (χ3v) is 3.98. The highest BCUT2D eigenvalue weighted by molar-refractivity contribution is 5.79. The van der Waals surface area contributed by atoms with E-state index in [0.717, 1.165) is 18.0 Å². The number of nitrogens with zero attached hydrogens (tertiary/aromatic N) is 2. The number of nitrogens with one attached hydrogen (secondary N) is 1. The minimum absolute atomic E-state index is 0.188. The van der Waals surface area contributed by atoms with Crippen molar-refractivity contribution in [2.45, 2.75) is 45.3 Å². The summed E-state index contributed by atoms with van der Waals surface area (Å²) in [5.74, 6) is 0.822. The maximum Gasteiger partial charge on any atom is 0.416 e. The van der Waals surface area contributed by atoms with Crippen LogP contribution in [0.15, 0.2) is 36.7 Å². The van der Waals surface area contributed by atoms with E-state index in [4.69, 9.17) is 0 Å². The highest BCUT2D eigenvalue weighted by Gasteiger charge is 2.30. The van der Waals surface area contributed by atoms with Crippen molar-refractivity contribution in [2.75, 3.05) is 6.54 Å². The number of amides is 1. The molecule has 1 aromatic carbocycles. The van der Waals surface area contributed by atoms with E-state index in [1.54, 1.807) is 25.4 Å². The molecule has 0 aliphatic heterocycles. The fourth-order valence-corrected chi connectivity index (χ4v) is 2.61. The van der Waals surface area contributed by atoms with Gasteiger partial charge in [-0.05, 0) is 25.0 Å². The number of hydrogen-bond acceptors (Lipinski definition) is 2. The molecule has 0 aliphatic rings. The van der Waals surface area contributed by atoms with Crippen LogP contribution in [0.2, 0.25) is 0 Å². The minimum atomic E-state index is -4.36. The van der Waals surface area contributed by atoms with E-state index in [2.05, 4.69) is 10.3 Å². The van der Waals surface area contributed by atoms with Crippen molar-refractivity contribution in [3.63, 3.8) is 0 Å². The van der Waals surface area contributed by atoms with Gasteiger partial charge in [0, 0.05) is 24.9 Å². The summed E-state index contributed by atoms with van der Waals surface area (Å²) in [7, 11) is 0. The lowest BCUT2D eigenvalue weighted by Crippen LogP contribution is -2.33. The highest BCUT2D eigenvalue weighted by Crippen LogP contribution is 2.29. The molecule has 1 atom stereocenters. The van der Waals surface area contributed by atoms with Crippen molar-refractivity contribution in [2.24, 2.45) is 0 Å². The summed E-state index contributed by atoms with van der Waals surface area (Å²) in [6.45, 7) is 6.04. The lowest BCUT2D eigenvalue weighted by Gasteiger charge is -2.18. The van der Waals surface area contributed by atoms with Gasteiger partial charge in [-0.2, -0.15) is 13.2 Å². The third-order valence-electron chi connectivity index (χ3n) is 3.98. The minimum Gasteiger partial charge on any atom is -0.354 e. The lowest BCUT2D eigenvalue weighted by atomic mass is 10.1. The van der Waals surface area contributed by atoms with Crippen LogP contribution in [-0.4, -0.2) is 22.0 Å². The Bertz CT molecular complexity index is 722. The van der Waals surface area contributed by atoms with E-state index in [0.29, 0.717) is 12.0 Å². The first-order valence-corrected chi connectivity index (χ1v) is 8.16. The van der Waals surface area contributed by atoms with Gasteiger partial charge in [-0.1, -0.05) is 32.0 Å². The molecule has 0 spiro atoms. The van der Waals surface area contributed by atoms with E-state index in [-0.39, 0.29) is 18.4 Å². The van der Waals surface area contributed by atoms with Crippen LogP contribution in [-0.2, 0) is 17.4 Å². The molecule has 25 heavy (non-hydrogen) atoms. The van der Waals surface area contributed by atoms with Crippen molar-refractivity contribution in [1.29, 1.82) is 0 Å². The number of halogens is 3. The smallest absolute Gasteiger partial charge is 0.354 e. The fourth-order valence-electron chi connectivity index (χ4n) is 2.61. The molecule has 0 aliphatic carbocycles. The Morgan fingerprint density at radius 1 is 1.28 bits per heavy atom. The molecule has 4 nitrogen and oxygen atoms in total. The Kier molecular flexibility index (Phi) is 5.87. The summed E-state index contributed by atoms with van der Waals surface area (Å²) in [5.41, 5.74) is -0.141. The molecule has 2 aromatic rings. The van der Waals surface area contributed by atoms with Gasteiger partial charge < -0.3 is 9.88 Å². The number of carbonyl (C=O) groups excluding carboxylic acids is 1. The molecule has 1 heterocycles. The molecule has 1 unspecified atom stereocenters. The Morgan fingerprint density at radius 2 is 2.00 bits per heavy atom. The Hall–Kier alpha value is -2.31. The molecule has 2 rings (SSSR count). The Labute approximate surface area is 145 Å². The maximum absolute atomic E-state index is 12.7. The molecule has 1 amide bonds. The van der Waals surface area contributed by atoms with Gasteiger partial charge in [0.25, 0.3) is 0 Å². The fraction of sp³-hybridized carbons (Fsp3) is 0.444. The summed E-state index contributed by atoms with van der Waals surface area (Å²) in [6, 6.07) is 4.72. The lowest BCUT2D eigenvalue weighted by molar-refractivity contribution is -0.137. The molecular formula is C18H22F3N3O. The average Bonchev–Trinajstić information content (AvgIpc) is 3.03. The average molecular weight is 353 g/mol. The van der Waals surface area contributed by atoms with Gasteiger partial charge in [0.2, 0.25) is 5.91 Å². The Morgan fingerprint density at radius 3 is 2.64 bits per heavy atom. The number of carbonyl (C=O) groups is 1. The molecule has 0 radical (unpaired) electrons. The van der Waals surface area contributed by atoms with E-state index in [9.17, 15) is 18.0 Å². The predicted octanol–water partition coefficient (Wildman–Crippen LogP) is 3.95. The molecular weight excluding hydrogens is 331 g/mol. The van der Waals surface area contributed by atoms with Gasteiger partial charge in [-0.3, -0.25) is 4.79 Å². The number of benzene rings is 1. The zero-order valence-corrected chi connectivity index (χ0v) is 14.5. The molecule has 1 aromatic heterocycles. The van der Waals surface area contributed by atoms with Gasteiger partial charge in [0.05, 0.1) is 5.56 Å². The van der Waals surface area contributed by atoms with Gasteiger partial charge in [-0.25, -0.2) is 4.98 Å². The van der Waals surface area contributed by atoms with Gasteiger partial charge in [0.1, 0.15) is 11.9 Å². The first kappa shape index (κ1) is 19.0. The molecule has 0 saturated heterocycles.